The van der Waals surface area contributed by atoms with Crippen molar-refractivity contribution in [3.8, 4) is 0 Å². The highest BCUT2D eigenvalue weighted by molar-refractivity contribution is 6.05. The van der Waals surface area contributed by atoms with Crippen molar-refractivity contribution in [1.82, 2.24) is 9.78 Å². The number of aromatic nitrogens is 2. The smallest absolute Gasteiger partial charge is 0.412 e. The van der Waals surface area contributed by atoms with Gasteiger partial charge in [0.25, 0.3) is 11.5 Å². The highest BCUT2D eigenvalue weighted by atomic mass is 19.1. The first-order valence-electron chi connectivity index (χ1n) is 8.77. The summed E-state index contributed by atoms with van der Waals surface area (Å²) in [4.78, 5) is 36.3. The molecule has 0 atom stereocenters. The standard InChI is InChI=1S/C19H23FN4O5/c1-19(2,3)29-18(27)22-13-6-5-12(20)11-15(13)21-17(26)14-7-8-16(25)24(23-14)9-10-28-4/h5-8,11H,9-10H2,1-4H3,(H,21,26)(H,22,27). The normalized spacial score (nSPS) is 11.1. The Balaban J connectivity index is 2.23. The van der Waals surface area contributed by atoms with Crippen LogP contribution in [-0.4, -0.2) is 41.1 Å². The van der Waals surface area contributed by atoms with E-state index in [4.69, 9.17) is 9.47 Å². The number of carbonyl (C=O) groups is 2. The van der Waals surface area contributed by atoms with E-state index < -0.39 is 29.0 Å². The lowest BCUT2D eigenvalue weighted by molar-refractivity contribution is 0.0635. The van der Waals surface area contributed by atoms with Gasteiger partial charge in [-0.2, -0.15) is 5.10 Å². The molecule has 2 amide bonds. The maximum Gasteiger partial charge on any atom is 0.412 e. The molecule has 0 aliphatic heterocycles. The molecule has 0 spiro atoms. The van der Waals surface area contributed by atoms with Crippen molar-refractivity contribution < 1.29 is 23.5 Å². The molecule has 10 heteroatoms. The zero-order valence-corrected chi connectivity index (χ0v) is 16.6. The van der Waals surface area contributed by atoms with E-state index in [-0.39, 0.29) is 30.2 Å². The molecule has 29 heavy (non-hydrogen) atoms. The number of anilines is 2. The predicted octanol–water partition coefficient (Wildman–Crippen LogP) is 2.63. The van der Waals surface area contributed by atoms with Gasteiger partial charge in [0, 0.05) is 13.2 Å². The first kappa shape index (κ1) is 22.0. The third-order valence-electron chi connectivity index (χ3n) is 3.47. The van der Waals surface area contributed by atoms with Crippen molar-refractivity contribution in [1.29, 1.82) is 0 Å². The molecule has 0 aliphatic carbocycles. The minimum Gasteiger partial charge on any atom is -0.444 e. The maximum absolute atomic E-state index is 13.7. The second-order valence-corrected chi connectivity index (χ2v) is 7.04. The largest absolute Gasteiger partial charge is 0.444 e. The van der Waals surface area contributed by atoms with Crippen molar-refractivity contribution in [2.24, 2.45) is 0 Å². The molecule has 0 aliphatic rings. The van der Waals surface area contributed by atoms with Gasteiger partial charge in [-0.1, -0.05) is 0 Å². The lowest BCUT2D eigenvalue weighted by Gasteiger charge is -2.20. The first-order chi connectivity index (χ1) is 13.6. The van der Waals surface area contributed by atoms with Gasteiger partial charge in [-0.05, 0) is 45.0 Å². The molecular formula is C19H23FN4O5. The first-order valence-corrected chi connectivity index (χ1v) is 8.77. The van der Waals surface area contributed by atoms with E-state index in [1.807, 2.05) is 0 Å². The highest BCUT2D eigenvalue weighted by Gasteiger charge is 2.19. The van der Waals surface area contributed by atoms with Crippen molar-refractivity contribution >= 4 is 23.4 Å². The van der Waals surface area contributed by atoms with Crippen LogP contribution in [0.5, 0.6) is 0 Å². The highest BCUT2D eigenvalue weighted by Crippen LogP contribution is 2.24. The van der Waals surface area contributed by atoms with Crippen LogP contribution in [-0.2, 0) is 16.0 Å². The Labute approximate surface area is 166 Å². The van der Waals surface area contributed by atoms with Crippen molar-refractivity contribution in [3.63, 3.8) is 0 Å². The average molecular weight is 406 g/mol. The summed E-state index contributed by atoms with van der Waals surface area (Å²) in [5, 5.41) is 8.92. The van der Waals surface area contributed by atoms with Crippen LogP contribution in [0.3, 0.4) is 0 Å². The van der Waals surface area contributed by atoms with Crippen LogP contribution in [0.15, 0.2) is 35.1 Å². The molecule has 0 bridgehead atoms. The molecule has 0 fully saturated rings. The fraction of sp³-hybridized carbons (Fsp3) is 0.368. The molecule has 0 saturated heterocycles. The second kappa shape index (κ2) is 9.28. The molecule has 0 unspecified atom stereocenters. The number of rotatable bonds is 6. The summed E-state index contributed by atoms with van der Waals surface area (Å²) in [7, 11) is 1.48. The van der Waals surface area contributed by atoms with E-state index >= 15 is 0 Å². The molecule has 0 saturated carbocycles. The van der Waals surface area contributed by atoms with Gasteiger partial charge in [0.1, 0.15) is 17.1 Å². The molecule has 156 valence electrons. The van der Waals surface area contributed by atoms with E-state index in [0.29, 0.717) is 0 Å². The Bertz CT molecular complexity index is 952. The van der Waals surface area contributed by atoms with Crippen LogP contribution in [0.25, 0.3) is 0 Å². The molecule has 1 aromatic carbocycles. The maximum atomic E-state index is 13.7. The van der Waals surface area contributed by atoms with Gasteiger partial charge >= 0.3 is 6.09 Å². The number of ether oxygens (including phenoxy) is 2. The van der Waals surface area contributed by atoms with Crippen LogP contribution in [0, 0.1) is 5.82 Å². The summed E-state index contributed by atoms with van der Waals surface area (Å²) in [6.07, 6.45) is -0.758. The van der Waals surface area contributed by atoms with E-state index in [0.717, 1.165) is 16.8 Å². The number of hydrogen-bond donors (Lipinski definition) is 2. The number of amides is 2. The number of methoxy groups -OCH3 is 1. The van der Waals surface area contributed by atoms with Gasteiger partial charge in [0.15, 0.2) is 0 Å². The number of hydrogen-bond acceptors (Lipinski definition) is 6. The summed E-state index contributed by atoms with van der Waals surface area (Å²) < 4.78 is 24.8. The Morgan fingerprint density at radius 2 is 1.86 bits per heavy atom. The molecule has 2 aromatic rings. The van der Waals surface area contributed by atoms with Crippen molar-refractivity contribution in [2.45, 2.75) is 32.9 Å². The van der Waals surface area contributed by atoms with Gasteiger partial charge in [0.2, 0.25) is 0 Å². The SMILES string of the molecule is COCCn1nc(C(=O)Nc2cc(F)ccc2NC(=O)OC(C)(C)C)ccc1=O. The third kappa shape index (κ3) is 6.68. The number of halogens is 1. The summed E-state index contributed by atoms with van der Waals surface area (Å²) >= 11 is 0. The summed E-state index contributed by atoms with van der Waals surface area (Å²) in [5.74, 6) is -1.30. The molecule has 2 rings (SSSR count). The van der Waals surface area contributed by atoms with Gasteiger partial charge in [-0.15, -0.1) is 0 Å². The van der Waals surface area contributed by atoms with E-state index in [9.17, 15) is 18.8 Å². The minimum absolute atomic E-state index is 0.0114. The Kier molecular flexibility index (Phi) is 7.05. The predicted molar refractivity (Wildman–Crippen MR) is 105 cm³/mol. The van der Waals surface area contributed by atoms with Crippen molar-refractivity contribution in [3.05, 3.63) is 52.2 Å². The van der Waals surface area contributed by atoms with Crippen LogP contribution in [0.1, 0.15) is 31.3 Å². The average Bonchev–Trinajstić information content (AvgIpc) is 2.61. The Hall–Kier alpha value is -3.27. The minimum atomic E-state index is -0.758. The molecule has 1 heterocycles. The van der Waals surface area contributed by atoms with Crippen LogP contribution in [0.4, 0.5) is 20.6 Å². The topological polar surface area (TPSA) is 112 Å². The molecular weight excluding hydrogens is 383 g/mol. The number of carbonyl (C=O) groups excluding carboxylic acids is 2. The monoisotopic (exact) mass is 406 g/mol. The van der Waals surface area contributed by atoms with Crippen LogP contribution >= 0.6 is 0 Å². The van der Waals surface area contributed by atoms with Crippen LogP contribution < -0.4 is 16.2 Å². The molecule has 1 aromatic heterocycles. The van der Waals surface area contributed by atoms with Gasteiger partial charge in [-0.25, -0.2) is 13.9 Å². The lowest BCUT2D eigenvalue weighted by atomic mass is 10.2. The molecule has 2 N–H and O–H groups in total. The van der Waals surface area contributed by atoms with E-state index in [2.05, 4.69) is 15.7 Å². The quantitative estimate of drug-likeness (QED) is 0.763. The summed E-state index contributed by atoms with van der Waals surface area (Å²) in [6.45, 7) is 5.51. The zero-order valence-electron chi connectivity index (χ0n) is 16.6. The summed E-state index contributed by atoms with van der Waals surface area (Å²) in [6, 6.07) is 5.92. The molecule has 0 radical (unpaired) electrons. The van der Waals surface area contributed by atoms with Gasteiger partial charge < -0.3 is 14.8 Å². The Morgan fingerprint density at radius 1 is 1.14 bits per heavy atom. The lowest BCUT2D eigenvalue weighted by Crippen LogP contribution is -2.28. The fourth-order valence-corrected chi connectivity index (χ4v) is 2.24. The van der Waals surface area contributed by atoms with Gasteiger partial charge in [0.05, 0.1) is 24.5 Å². The third-order valence-corrected chi connectivity index (χ3v) is 3.47. The zero-order chi connectivity index (χ0) is 21.6. The van der Waals surface area contributed by atoms with Gasteiger partial charge in [-0.3, -0.25) is 14.9 Å². The Morgan fingerprint density at radius 3 is 2.52 bits per heavy atom. The van der Waals surface area contributed by atoms with Crippen molar-refractivity contribution in [2.75, 3.05) is 24.4 Å². The molecule has 9 nitrogen and oxygen atoms in total. The van der Waals surface area contributed by atoms with Crippen LogP contribution in [0.2, 0.25) is 0 Å². The summed E-state index contributed by atoms with van der Waals surface area (Å²) in [5.41, 5.74) is -1.03. The van der Waals surface area contributed by atoms with E-state index in [1.54, 1.807) is 20.8 Å². The fourth-order valence-electron chi connectivity index (χ4n) is 2.24. The number of nitrogens with one attached hydrogen (secondary N) is 2. The second-order valence-electron chi connectivity index (χ2n) is 7.04. The van der Waals surface area contributed by atoms with E-state index in [1.165, 1.54) is 25.3 Å². The number of benzene rings is 1. The number of nitrogens with zero attached hydrogens (tertiary/aromatic N) is 2.